The van der Waals surface area contributed by atoms with E-state index in [0.29, 0.717) is 66.3 Å². The number of amides is 2. The molecule has 0 unspecified atom stereocenters. The van der Waals surface area contributed by atoms with Crippen LogP contribution in [0.5, 0.6) is 5.75 Å². The van der Waals surface area contributed by atoms with Crippen molar-refractivity contribution in [2.45, 2.75) is 12.1 Å². The van der Waals surface area contributed by atoms with E-state index in [1.54, 1.807) is 35.4 Å². The highest BCUT2D eigenvalue weighted by Gasteiger charge is 2.42. The van der Waals surface area contributed by atoms with Gasteiger partial charge in [-0.25, -0.2) is 23.8 Å². The Kier molecular flexibility index (Phi) is 8.70. The van der Waals surface area contributed by atoms with Crippen LogP contribution in [0.4, 0.5) is 14.9 Å². The Morgan fingerprint density at radius 1 is 1.18 bits per heavy atom. The maximum atomic E-state index is 14.0. The summed E-state index contributed by atoms with van der Waals surface area (Å²) >= 11 is 7.84. The summed E-state index contributed by atoms with van der Waals surface area (Å²) < 4.78 is 24.3. The number of carboxylic acids is 1. The lowest BCUT2D eigenvalue weighted by Crippen LogP contribution is -2.53. The number of carboxylic acid groups (broad SMARTS) is 1. The molecule has 6 rings (SSSR count). The average Bonchev–Trinajstić information content (AvgIpc) is 3.68. The molecule has 45 heavy (non-hydrogen) atoms. The summed E-state index contributed by atoms with van der Waals surface area (Å²) in [6.07, 6.45) is 1.65. The van der Waals surface area contributed by atoms with Gasteiger partial charge in [0.05, 0.1) is 18.7 Å². The minimum atomic E-state index is -1.07. The third-order valence-electron chi connectivity index (χ3n) is 7.75. The molecule has 3 aromatic rings. The number of hydrogen-bond acceptors (Lipinski definition) is 10. The maximum absolute atomic E-state index is 14.0. The molecular weight excluding hydrogens is 627 g/mol. The number of aliphatic imine (C=N–C) groups is 1. The van der Waals surface area contributed by atoms with Crippen LogP contribution in [0.15, 0.2) is 70.3 Å². The largest absolute Gasteiger partial charge is 0.482 e. The maximum Gasteiger partial charge on any atom is 0.341 e. The van der Waals surface area contributed by atoms with Gasteiger partial charge in [0.15, 0.2) is 17.5 Å². The number of urea groups is 1. The van der Waals surface area contributed by atoms with Gasteiger partial charge >= 0.3 is 18.0 Å². The molecule has 0 bridgehead atoms. The molecule has 2 aromatic carbocycles. The molecule has 0 spiro atoms. The second-order valence-electron chi connectivity index (χ2n) is 10.5. The predicted octanol–water partition coefficient (Wildman–Crippen LogP) is 3.54. The average molecular weight is 655 g/mol. The van der Waals surface area contributed by atoms with Crippen molar-refractivity contribution in [3.8, 4) is 5.75 Å². The SMILES string of the molecule is COC(=O)C1=C(CN2CCN3C(=O)N(c4ccc(OCC(=O)O)cc4)C[C@@H]3C2)NC(c2nccs2)=N[C@H]1c1ccc(F)cc1Cl. The predicted molar refractivity (Wildman–Crippen MR) is 164 cm³/mol. The number of nitrogens with one attached hydrogen (secondary N) is 1. The number of fused-ring (bicyclic) bond motifs is 1. The summed E-state index contributed by atoms with van der Waals surface area (Å²) in [7, 11) is 1.29. The standard InChI is InChI=1S/C30H28ClFN6O6S/c1-43-29(41)25-23(34-27(28-33-8-11-45-28)35-26(25)21-7-2-17(32)12-22(21)31)15-36-9-10-37-19(13-36)14-38(30(37)42)18-3-5-20(6-4-18)44-16-24(39)40/h2-8,11-12,19,26H,9-10,13-16H2,1H3,(H,34,35)(H,39,40)/t19-,26-/m0/s1. The van der Waals surface area contributed by atoms with Crippen molar-refractivity contribution in [3.63, 3.8) is 0 Å². The van der Waals surface area contributed by atoms with Gasteiger partial charge in [0.2, 0.25) is 0 Å². The molecule has 234 valence electrons. The van der Waals surface area contributed by atoms with Crippen LogP contribution in [0.2, 0.25) is 5.02 Å². The summed E-state index contributed by atoms with van der Waals surface area (Å²) in [5.74, 6) is -1.33. The van der Waals surface area contributed by atoms with E-state index in [1.165, 1.54) is 36.6 Å². The second-order valence-corrected chi connectivity index (χ2v) is 11.8. The third-order valence-corrected chi connectivity index (χ3v) is 8.86. The van der Waals surface area contributed by atoms with Crippen LogP contribution in [0.25, 0.3) is 0 Å². The van der Waals surface area contributed by atoms with E-state index in [0.717, 1.165) is 0 Å². The Hall–Kier alpha value is -4.53. The highest BCUT2D eigenvalue weighted by molar-refractivity contribution is 7.11. The summed E-state index contributed by atoms with van der Waals surface area (Å²) in [5, 5.41) is 14.7. The Morgan fingerprint density at radius 3 is 2.67 bits per heavy atom. The third kappa shape index (κ3) is 6.34. The van der Waals surface area contributed by atoms with E-state index in [4.69, 9.17) is 31.2 Å². The quantitative estimate of drug-likeness (QED) is 0.332. The molecule has 2 N–H and O–H groups in total. The van der Waals surface area contributed by atoms with Crippen molar-refractivity contribution in [2.24, 2.45) is 4.99 Å². The molecule has 2 saturated heterocycles. The number of thiazole rings is 1. The molecule has 3 aliphatic rings. The first-order chi connectivity index (χ1) is 21.7. The van der Waals surface area contributed by atoms with Gasteiger partial charge in [0.1, 0.15) is 17.6 Å². The van der Waals surface area contributed by atoms with Crippen molar-refractivity contribution in [1.82, 2.24) is 20.1 Å². The number of carbonyl (C=O) groups is 3. The number of aromatic nitrogens is 1. The van der Waals surface area contributed by atoms with Crippen LogP contribution in [0.3, 0.4) is 0 Å². The van der Waals surface area contributed by atoms with Crippen molar-refractivity contribution >= 4 is 52.4 Å². The van der Waals surface area contributed by atoms with Gasteiger partial charge in [-0.3, -0.25) is 14.8 Å². The molecular formula is C30H28ClFN6O6S. The second kappa shape index (κ2) is 12.8. The van der Waals surface area contributed by atoms with Crippen molar-refractivity contribution in [3.05, 3.63) is 86.7 Å². The van der Waals surface area contributed by atoms with Crippen LogP contribution in [-0.4, -0.2) is 96.2 Å². The fourth-order valence-electron chi connectivity index (χ4n) is 5.69. The van der Waals surface area contributed by atoms with E-state index in [9.17, 15) is 18.8 Å². The lowest BCUT2D eigenvalue weighted by Gasteiger charge is -2.38. The first kappa shape index (κ1) is 30.5. The van der Waals surface area contributed by atoms with Gasteiger partial charge in [-0.2, -0.15) is 0 Å². The lowest BCUT2D eigenvalue weighted by molar-refractivity contribution is -0.139. The molecule has 2 amide bonds. The number of amidine groups is 1. The Labute approximate surface area is 266 Å². The molecule has 0 aliphatic carbocycles. The molecule has 2 atom stereocenters. The van der Waals surface area contributed by atoms with Crippen molar-refractivity contribution < 1.29 is 33.4 Å². The van der Waals surface area contributed by atoms with Crippen LogP contribution in [0, 0.1) is 5.82 Å². The first-order valence-corrected chi connectivity index (χ1v) is 15.2. The van der Waals surface area contributed by atoms with Crippen molar-refractivity contribution in [2.75, 3.05) is 51.3 Å². The first-order valence-electron chi connectivity index (χ1n) is 14.0. The molecule has 1 aromatic heterocycles. The Bertz CT molecular complexity index is 1680. The number of halogens is 2. The topological polar surface area (TPSA) is 137 Å². The van der Waals surface area contributed by atoms with Crippen LogP contribution in [-0.2, 0) is 14.3 Å². The Balaban J connectivity index is 1.24. The van der Waals surface area contributed by atoms with E-state index in [1.807, 2.05) is 10.3 Å². The number of carbonyl (C=O) groups excluding carboxylic acids is 2. The summed E-state index contributed by atoms with van der Waals surface area (Å²) in [5.41, 5.74) is 1.94. The lowest BCUT2D eigenvalue weighted by atomic mass is 9.95. The fourth-order valence-corrected chi connectivity index (χ4v) is 6.55. The summed E-state index contributed by atoms with van der Waals surface area (Å²) in [4.78, 5) is 52.2. The zero-order valence-corrected chi connectivity index (χ0v) is 25.6. The number of rotatable bonds is 9. The van der Waals surface area contributed by atoms with Gasteiger partial charge < -0.3 is 24.8 Å². The van der Waals surface area contributed by atoms with Crippen LogP contribution >= 0.6 is 22.9 Å². The van der Waals surface area contributed by atoms with Gasteiger partial charge in [-0.05, 0) is 36.4 Å². The number of benzene rings is 2. The zero-order chi connectivity index (χ0) is 31.7. The Morgan fingerprint density at radius 2 is 1.98 bits per heavy atom. The highest BCUT2D eigenvalue weighted by atomic mass is 35.5. The highest BCUT2D eigenvalue weighted by Crippen LogP contribution is 2.37. The van der Waals surface area contributed by atoms with E-state index >= 15 is 0 Å². The van der Waals surface area contributed by atoms with Gasteiger partial charge in [0.25, 0.3) is 0 Å². The summed E-state index contributed by atoms with van der Waals surface area (Å²) in [6, 6.07) is 9.59. The molecule has 2 fully saturated rings. The molecule has 0 radical (unpaired) electrons. The molecule has 12 nitrogen and oxygen atoms in total. The molecule has 3 aliphatic heterocycles. The van der Waals surface area contributed by atoms with E-state index in [2.05, 4.69) is 15.2 Å². The molecule has 15 heteroatoms. The van der Waals surface area contributed by atoms with Gasteiger partial charge in [0, 0.05) is 66.3 Å². The number of aliphatic carboxylic acids is 1. The zero-order valence-electron chi connectivity index (χ0n) is 24.0. The summed E-state index contributed by atoms with van der Waals surface area (Å²) in [6.45, 7) is 1.86. The van der Waals surface area contributed by atoms with Crippen LogP contribution < -0.4 is 15.0 Å². The normalized spacial score (nSPS) is 20.1. The minimum Gasteiger partial charge on any atom is -0.482 e. The number of piperazine rings is 1. The fraction of sp³-hybridized carbons (Fsp3) is 0.300. The molecule has 0 saturated carbocycles. The van der Waals surface area contributed by atoms with E-state index < -0.39 is 30.4 Å². The number of ether oxygens (including phenoxy) is 2. The number of hydrogen-bond donors (Lipinski definition) is 2. The van der Waals surface area contributed by atoms with Gasteiger partial charge in [-0.1, -0.05) is 17.7 Å². The van der Waals surface area contributed by atoms with Crippen molar-refractivity contribution in [1.29, 1.82) is 0 Å². The number of anilines is 1. The minimum absolute atomic E-state index is 0.116. The van der Waals surface area contributed by atoms with E-state index in [-0.39, 0.29) is 22.7 Å². The monoisotopic (exact) mass is 654 g/mol. The number of esters is 1. The molecule has 4 heterocycles. The smallest absolute Gasteiger partial charge is 0.341 e. The van der Waals surface area contributed by atoms with Gasteiger partial charge in [-0.15, -0.1) is 11.3 Å². The number of methoxy groups -OCH3 is 1. The number of nitrogens with zero attached hydrogens (tertiary/aromatic N) is 5. The van der Waals surface area contributed by atoms with Crippen LogP contribution in [0.1, 0.15) is 16.6 Å².